The number of carboxylic acid groups (broad SMARTS) is 1. The molecule has 10 heteroatoms. The van der Waals surface area contributed by atoms with Crippen molar-refractivity contribution in [2.75, 3.05) is 13.7 Å². The molecular weight excluding hydrogens is 280 g/mol. The van der Waals surface area contributed by atoms with Crippen LogP contribution < -0.4 is 4.72 Å². The Hall–Kier alpha value is -1.91. The molecule has 0 aliphatic heterocycles. The molecule has 0 aliphatic carbocycles. The number of aromatic nitrogens is 1. The Kier molecular flexibility index (Phi) is 4.64. The van der Waals surface area contributed by atoms with Crippen LogP contribution in [-0.2, 0) is 19.6 Å². The summed E-state index contributed by atoms with van der Waals surface area (Å²) in [5, 5.41) is 17.9. The third-order valence-electron chi connectivity index (χ3n) is 2.14. The Morgan fingerprint density at radius 3 is 2.63 bits per heavy atom. The molecule has 0 aromatic carbocycles. The number of sulfonamides is 1. The van der Waals surface area contributed by atoms with Crippen LogP contribution in [0.3, 0.4) is 0 Å². The lowest BCUT2D eigenvalue weighted by Gasteiger charge is -2.09. The van der Waals surface area contributed by atoms with E-state index in [0.29, 0.717) is 0 Å². The minimum atomic E-state index is -4.02. The molecule has 0 saturated carbocycles. The minimum Gasteiger partial charge on any atom is -0.477 e. The first-order chi connectivity index (χ1) is 8.77. The highest BCUT2D eigenvalue weighted by molar-refractivity contribution is 7.89. The number of methoxy groups -OCH3 is 1. The summed E-state index contributed by atoms with van der Waals surface area (Å²) in [5.41, 5.74) is -0.297. The van der Waals surface area contributed by atoms with E-state index in [1.165, 1.54) is 0 Å². The Morgan fingerprint density at radius 2 is 2.16 bits per heavy atom. The molecule has 0 spiro atoms. The maximum absolute atomic E-state index is 11.7. The zero-order valence-corrected chi connectivity index (χ0v) is 10.6. The van der Waals surface area contributed by atoms with Gasteiger partial charge in [0.2, 0.25) is 10.0 Å². The van der Waals surface area contributed by atoms with Gasteiger partial charge in [0, 0.05) is 12.7 Å². The van der Waals surface area contributed by atoms with Crippen molar-refractivity contribution >= 4 is 22.0 Å². The number of nitrogens with one attached hydrogen (secondary N) is 2. The summed E-state index contributed by atoms with van der Waals surface area (Å²) >= 11 is 0. The molecule has 9 nitrogen and oxygen atoms in total. The molecule has 0 bridgehead atoms. The van der Waals surface area contributed by atoms with E-state index in [0.717, 1.165) is 19.4 Å². The first-order valence-corrected chi connectivity index (χ1v) is 6.43. The molecule has 1 aromatic heterocycles. The van der Waals surface area contributed by atoms with Crippen molar-refractivity contribution < 1.29 is 33.0 Å². The molecule has 106 valence electrons. The number of H-pyrrole nitrogens is 1. The standard InChI is InChI=1S/C9H12N2O7S/c1-18-9(15)7(12)4-11-19(16,17)5-2-6(8(13)14)10-3-5/h2-3,7,10-12H,4H2,1H3,(H,13,14). The molecule has 1 atom stereocenters. The van der Waals surface area contributed by atoms with Crippen LogP contribution in [0.1, 0.15) is 10.5 Å². The number of hydrogen-bond donors (Lipinski definition) is 4. The van der Waals surface area contributed by atoms with Gasteiger partial charge in [0.15, 0.2) is 6.10 Å². The van der Waals surface area contributed by atoms with Gasteiger partial charge in [0.05, 0.1) is 7.11 Å². The number of carbonyl (C=O) groups excluding carboxylic acids is 1. The largest absolute Gasteiger partial charge is 0.477 e. The zero-order chi connectivity index (χ0) is 14.6. The number of aliphatic hydroxyl groups excluding tert-OH is 1. The quantitative estimate of drug-likeness (QED) is 0.468. The molecule has 1 rings (SSSR count). The monoisotopic (exact) mass is 292 g/mol. The number of aliphatic hydroxyl groups is 1. The summed E-state index contributed by atoms with van der Waals surface area (Å²) in [6.45, 7) is -0.581. The summed E-state index contributed by atoms with van der Waals surface area (Å²) in [5.74, 6) is -2.29. The molecule has 1 unspecified atom stereocenters. The Labute approximate surface area is 108 Å². The first-order valence-electron chi connectivity index (χ1n) is 4.95. The van der Waals surface area contributed by atoms with Gasteiger partial charge in [-0.2, -0.15) is 0 Å². The van der Waals surface area contributed by atoms with Crippen molar-refractivity contribution in [2.45, 2.75) is 11.0 Å². The van der Waals surface area contributed by atoms with Gasteiger partial charge < -0.3 is 19.9 Å². The number of carbonyl (C=O) groups is 2. The van der Waals surface area contributed by atoms with Crippen molar-refractivity contribution in [3.63, 3.8) is 0 Å². The Balaban J connectivity index is 2.75. The summed E-state index contributed by atoms with van der Waals surface area (Å²) in [4.78, 5) is 23.4. The predicted molar refractivity (Wildman–Crippen MR) is 61.0 cm³/mol. The first kappa shape index (κ1) is 15.1. The second-order valence-electron chi connectivity index (χ2n) is 3.45. The molecule has 0 saturated heterocycles. The lowest BCUT2D eigenvalue weighted by molar-refractivity contribution is -0.149. The van der Waals surface area contributed by atoms with E-state index in [1.807, 2.05) is 4.72 Å². The lowest BCUT2D eigenvalue weighted by Crippen LogP contribution is -2.37. The van der Waals surface area contributed by atoms with E-state index < -0.39 is 34.6 Å². The second-order valence-corrected chi connectivity index (χ2v) is 5.21. The molecular formula is C9H12N2O7S. The van der Waals surface area contributed by atoms with E-state index in [-0.39, 0.29) is 10.6 Å². The van der Waals surface area contributed by atoms with Crippen LogP contribution in [0.25, 0.3) is 0 Å². The van der Waals surface area contributed by atoms with Crippen LogP contribution in [0.5, 0.6) is 0 Å². The molecule has 0 amide bonds. The summed E-state index contributed by atoms with van der Waals surface area (Å²) in [7, 11) is -2.98. The van der Waals surface area contributed by atoms with Crippen molar-refractivity contribution in [3.05, 3.63) is 18.0 Å². The third-order valence-corrected chi connectivity index (χ3v) is 3.54. The molecule has 1 heterocycles. The minimum absolute atomic E-state index is 0.297. The van der Waals surface area contributed by atoms with Crippen molar-refractivity contribution in [3.8, 4) is 0 Å². The molecule has 1 aromatic rings. The van der Waals surface area contributed by atoms with Gasteiger partial charge in [0.1, 0.15) is 10.6 Å². The number of aromatic amines is 1. The van der Waals surface area contributed by atoms with Gasteiger partial charge in [-0.25, -0.2) is 22.7 Å². The topological polar surface area (TPSA) is 146 Å². The Bertz CT molecular complexity index is 577. The highest BCUT2D eigenvalue weighted by Crippen LogP contribution is 2.10. The maximum atomic E-state index is 11.7. The summed E-state index contributed by atoms with van der Waals surface area (Å²) in [6.07, 6.45) is -0.659. The summed E-state index contributed by atoms with van der Waals surface area (Å²) in [6, 6.07) is 0.912. The van der Waals surface area contributed by atoms with Crippen molar-refractivity contribution in [1.29, 1.82) is 0 Å². The molecule has 0 aliphatic rings. The smallest absolute Gasteiger partial charge is 0.352 e. The highest BCUT2D eigenvalue weighted by Gasteiger charge is 2.22. The van der Waals surface area contributed by atoms with E-state index in [1.54, 1.807) is 0 Å². The van der Waals surface area contributed by atoms with Crippen molar-refractivity contribution in [2.24, 2.45) is 0 Å². The van der Waals surface area contributed by atoms with Gasteiger partial charge in [-0.05, 0) is 6.07 Å². The van der Waals surface area contributed by atoms with Gasteiger partial charge in [-0.3, -0.25) is 0 Å². The number of aromatic carboxylic acids is 1. The number of carboxylic acids is 1. The van der Waals surface area contributed by atoms with Crippen LogP contribution in [0, 0.1) is 0 Å². The maximum Gasteiger partial charge on any atom is 0.352 e. The van der Waals surface area contributed by atoms with Gasteiger partial charge >= 0.3 is 11.9 Å². The van der Waals surface area contributed by atoms with Gasteiger partial charge in [-0.1, -0.05) is 0 Å². The molecule has 4 N–H and O–H groups in total. The van der Waals surface area contributed by atoms with Crippen LogP contribution in [-0.4, -0.2) is 55.3 Å². The fraction of sp³-hybridized carbons (Fsp3) is 0.333. The molecule has 0 radical (unpaired) electrons. The van der Waals surface area contributed by atoms with E-state index >= 15 is 0 Å². The number of esters is 1. The zero-order valence-electron chi connectivity index (χ0n) is 9.78. The van der Waals surface area contributed by atoms with E-state index in [2.05, 4.69) is 9.72 Å². The van der Waals surface area contributed by atoms with Crippen LogP contribution in [0.2, 0.25) is 0 Å². The summed E-state index contributed by atoms with van der Waals surface area (Å²) < 4.78 is 29.6. The van der Waals surface area contributed by atoms with Gasteiger partial charge in [-0.15, -0.1) is 0 Å². The van der Waals surface area contributed by atoms with Gasteiger partial charge in [0.25, 0.3) is 0 Å². The molecule has 19 heavy (non-hydrogen) atoms. The van der Waals surface area contributed by atoms with Crippen LogP contribution >= 0.6 is 0 Å². The number of hydrogen-bond acceptors (Lipinski definition) is 6. The number of rotatable bonds is 6. The third kappa shape index (κ3) is 3.77. The average molecular weight is 292 g/mol. The second kappa shape index (κ2) is 5.82. The molecule has 0 fully saturated rings. The van der Waals surface area contributed by atoms with E-state index in [9.17, 15) is 23.1 Å². The fourth-order valence-electron chi connectivity index (χ4n) is 1.14. The lowest BCUT2D eigenvalue weighted by atomic mass is 10.4. The normalized spacial score (nSPS) is 12.9. The van der Waals surface area contributed by atoms with Crippen LogP contribution in [0.4, 0.5) is 0 Å². The predicted octanol–water partition coefficient (Wildman–Crippen LogP) is -1.47. The fourth-order valence-corrected chi connectivity index (χ4v) is 2.18. The highest BCUT2D eigenvalue weighted by atomic mass is 32.2. The number of ether oxygens (including phenoxy) is 1. The Morgan fingerprint density at radius 1 is 1.53 bits per heavy atom. The SMILES string of the molecule is COC(=O)C(O)CNS(=O)(=O)c1c[nH]c(C(=O)O)c1. The average Bonchev–Trinajstić information content (AvgIpc) is 2.85. The van der Waals surface area contributed by atoms with E-state index in [4.69, 9.17) is 5.11 Å². The van der Waals surface area contributed by atoms with Crippen molar-refractivity contribution in [1.82, 2.24) is 9.71 Å². The van der Waals surface area contributed by atoms with Crippen LogP contribution in [0.15, 0.2) is 17.2 Å².